The molecule has 0 aliphatic carbocycles. The molecule has 6 heteroatoms. The van der Waals surface area contributed by atoms with E-state index >= 15 is 0 Å². The molecule has 19 heavy (non-hydrogen) atoms. The lowest BCUT2D eigenvalue weighted by molar-refractivity contribution is 0.633. The van der Waals surface area contributed by atoms with Crippen molar-refractivity contribution in [1.82, 2.24) is 9.97 Å². The Balaban J connectivity index is 1.98. The molecule has 1 saturated heterocycles. The summed E-state index contributed by atoms with van der Waals surface area (Å²) in [5.74, 6) is 2.61. The maximum absolute atomic E-state index is 6.14. The van der Waals surface area contributed by atoms with Crippen LogP contribution in [0.3, 0.4) is 0 Å². The number of hydrogen-bond acceptors (Lipinski definition) is 5. The third kappa shape index (κ3) is 4.14. The summed E-state index contributed by atoms with van der Waals surface area (Å²) in [7, 11) is 0. The van der Waals surface area contributed by atoms with Gasteiger partial charge in [-0.3, -0.25) is 0 Å². The summed E-state index contributed by atoms with van der Waals surface area (Å²) >= 11 is 8.16. The van der Waals surface area contributed by atoms with Gasteiger partial charge in [-0.2, -0.15) is 16.7 Å². The molecule has 0 aromatic carbocycles. The second-order valence-corrected chi connectivity index (χ2v) is 7.16. The van der Waals surface area contributed by atoms with Crippen LogP contribution in [0.2, 0.25) is 5.02 Å². The Bertz CT molecular complexity index is 421. The Hall–Kier alpha value is -0.680. The number of nitrogens with one attached hydrogen (secondary N) is 2. The van der Waals surface area contributed by atoms with Crippen LogP contribution in [0.4, 0.5) is 11.8 Å². The van der Waals surface area contributed by atoms with Crippen molar-refractivity contribution in [2.75, 3.05) is 29.5 Å². The molecule has 4 nitrogen and oxygen atoms in total. The van der Waals surface area contributed by atoms with Gasteiger partial charge < -0.3 is 10.6 Å². The van der Waals surface area contributed by atoms with Crippen LogP contribution in [0.15, 0.2) is 6.20 Å². The summed E-state index contributed by atoms with van der Waals surface area (Å²) in [6.45, 7) is 6.17. The molecule has 0 radical (unpaired) electrons. The average Bonchev–Trinajstić information content (AvgIpc) is 2.84. The number of aromatic nitrogens is 2. The topological polar surface area (TPSA) is 49.8 Å². The first-order valence-corrected chi connectivity index (χ1v) is 8.13. The van der Waals surface area contributed by atoms with E-state index in [9.17, 15) is 0 Å². The summed E-state index contributed by atoms with van der Waals surface area (Å²) in [6.07, 6.45) is 5.24. The Morgan fingerprint density at radius 3 is 3.00 bits per heavy atom. The first kappa shape index (κ1) is 14.7. The molecular weight excluding hydrogens is 280 g/mol. The number of rotatable bonds is 6. The van der Waals surface area contributed by atoms with Gasteiger partial charge in [-0.1, -0.05) is 18.5 Å². The minimum Gasteiger partial charge on any atom is -0.367 e. The van der Waals surface area contributed by atoms with Crippen molar-refractivity contribution in [2.45, 2.75) is 37.9 Å². The molecule has 0 spiro atoms. The summed E-state index contributed by atoms with van der Waals surface area (Å²) in [4.78, 5) is 8.60. The normalized spacial score (nSPS) is 22.5. The minimum absolute atomic E-state index is 0.297. The van der Waals surface area contributed by atoms with E-state index in [1.54, 1.807) is 6.20 Å². The molecule has 2 N–H and O–H groups in total. The molecule has 1 unspecified atom stereocenters. The highest BCUT2D eigenvalue weighted by atomic mass is 35.5. The maximum Gasteiger partial charge on any atom is 0.224 e. The Labute approximate surface area is 124 Å². The van der Waals surface area contributed by atoms with Crippen LogP contribution in [-0.2, 0) is 0 Å². The van der Waals surface area contributed by atoms with E-state index in [1.807, 2.05) is 11.8 Å². The zero-order chi connectivity index (χ0) is 13.7. The lowest BCUT2D eigenvalue weighted by Crippen LogP contribution is -2.27. The molecule has 106 valence electrons. The van der Waals surface area contributed by atoms with Gasteiger partial charge in [0.2, 0.25) is 5.95 Å². The van der Waals surface area contributed by atoms with Crippen molar-refractivity contribution in [3.05, 3.63) is 11.2 Å². The van der Waals surface area contributed by atoms with Crippen LogP contribution in [0.25, 0.3) is 0 Å². The van der Waals surface area contributed by atoms with Gasteiger partial charge in [0.05, 0.1) is 6.20 Å². The Morgan fingerprint density at radius 2 is 2.32 bits per heavy atom. The largest absolute Gasteiger partial charge is 0.367 e. The van der Waals surface area contributed by atoms with E-state index in [0.29, 0.717) is 15.7 Å². The lowest BCUT2D eigenvalue weighted by Gasteiger charge is -2.23. The molecule has 2 rings (SSSR count). The van der Waals surface area contributed by atoms with Crippen molar-refractivity contribution in [1.29, 1.82) is 0 Å². The van der Waals surface area contributed by atoms with Gasteiger partial charge in [-0.15, -0.1) is 0 Å². The molecular formula is C13H21ClN4S. The van der Waals surface area contributed by atoms with Crippen molar-refractivity contribution in [3.63, 3.8) is 0 Å². The summed E-state index contributed by atoms with van der Waals surface area (Å²) in [5.41, 5.74) is 0. The van der Waals surface area contributed by atoms with Crippen LogP contribution in [-0.4, -0.2) is 33.6 Å². The number of hydrogen-bond donors (Lipinski definition) is 2. The summed E-state index contributed by atoms with van der Waals surface area (Å²) < 4.78 is 0.297. The van der Waals surface area contributed by atoms with Gasteiger partial charge in [-0.05, 0) is 31.9 Å². The maximum atomic E-state index is 6.14. The minimum atomic E-state index is 0.297. The Kier molecular flexibility index (Phi) is 5.16. The second kappa shape index (κ2) is 6.66. The van der Waals surface area contributed by atoms with Crippen molar-refractivity contribution >= 4 is 35.1 Å². The SMILES string of the molecule is CCCNc1ncc(Cl)c(NCC2(C)CCCS2)n1. The number of halogens is 1. The quantitative estimate of drug-likeness (QED) is 0.840. The number of thioether (sulfide) groups is 1. The summed E-state index contributed by atoms with van der Waals surface area (Å²) in [6, 6.07) is 0. The van der Waals surface area contributed by atoms with Crippen LogP contribution in [0, 0.1) is 0 Å². The van der Waals surface area contributed by atoms with Crippen LogP contribution in [0.5, 0.6) is 0 Å². The van der Waals surface area contributed by atoms with Gasteiger partial charge in [0.25, 0.3) is 0 Å². The molecule has 1 aliphatic heterocycles. The molecule has 2 heterocycles. The van der Waals surface area contributed by atoms with Gasteiger partial charge in [0, 0.05) is 17.8 Å². The van der Waals surface area contributed by atoms with Crippen molar-refractivity contribution in [2.24, 2.45) is 0 Å². The molecule has 1 aromatic rings. The van der Waals surface area contributed by atoms with Crippen molar-refractivity contribution < 1.29 is 0 Å². The Morgan fingerprint density at radius 1 is 1.47 bits per heavy atom. The second-order valence-electron chi connectivity index (χ2n) is 5.07. The molecule has 1 atom stereocenters. The van der Waals surface area contributed by atoms with Crippen LogP contribution >= 0.6 is 23.4 Å². The van der Waals surface area contributed by atoms with Crippen LogP contribution < -0.4 is 10.6 Å². The zero-order valence-corrected chi connectivity index (χ0v) is 13.1. The standard InChI is InChI=1S/C13H21ClN4S/c1-3-6-15-12-16-8-10(14)11(18-12)17-9-13(2)5-4-7-19-13/h8H,3-7,9H2,1-2H3,(H2,15,16,17,18). The predicted molar refractivity (Wildman–Crippen MR) is 84.4 cm³/mol. The van der Waals surface area contributed by atoms with E-state index in [1.165, 1.54) is 18.6 Å². The fourth-order valence-electron chi connectivity index (χ4n) is 2.06. The third-order valence-corrected chi connectivity index (χ3v) is 5.02. The fourth-order valence-corrected chi connectivity index (χ4v) is 3.46. The van der Waals surface area contributed by atoms with Gasteiger partial charge >= 0.3 is 0 Å². The number of nitrogens with zero attached hydrogens (tertiary/aromatic N) is 2. The highest BCUT2D eigenvalue weighted by molar-refractivity contribution is 8.00. The molecule has 1 aromatic heterocycles. The van der Waals surface area contributed by atoms with Gasteiger partial charge in [0.1, 0.15) is 5.02 Å². The molecule has 0 amide bonds. The van der Waals surface area contributed by atoms with Crippen LogP contribution in [0.1, 0.15) is 33.1 Å². The highest BCUT2D eigenvalue weighted by Gasteiger charge is 2.29. The highest BCUT2D eigenvalue weighted by Crippen LogP contribution is 2.37. The third-order valence-electron chi connectivity index (χ3n) is 3.21. The first-order valence-electron chi connectivity index (χ1n) is 6.77. The molecule has 1 aliphatic rings. The predicted octanol–water partition coefficient (Wildman–Crippen LogP) is 3.65. The fraction of sp³-hybridized carbons (Fsp3) is 0.692. The lowest BCUT2D eigenvalue weighted by atomic mass is 10.1. The summed E-state index contributed by atoms with van der Waals surface area (Å²) in [5, 5.41) is 7.12. The monoisotopic (exact) mass is 300 g/mol. The number of anilines is 2. The van der Waals surface area contributed by atoms with E-state index in [4.69, 9.17) is 11.6 Å². The molecule has 0 bridgehead atoms. The van der Waals surface area contributed by atoms with E-state index in [-0.39, 0.29) is 0 Å². The molecule has 1 fully saturated rings. The van der Waals surface area contributed by atoms with Gasteiger partial charge in [-0.25, -0.2) is 4.98 Å². The smallest absolute Gasteiger partial charge is 0.224 e. The van der Waals surface area contributed by atoms with E-state index in [0.717, 1.165) is 25.3 Å². The van der Waals surface area contributed by atoms with E-state index < -0.39 is 0 Å². The van der Waals surface area contributed by atoms with Crippen molar-refractivity contribution in [3.8, 4) is 0 Å². The van der Waals surface area contributed by atoms with Gasteiger partial charge in [0.15, 0.2) is 5.82 Å². The first-order chi connectivity index (χ1) is 9.13. The average molecular weight is 301 g/mol. The van der Waals surface area contributed by atoms with E-state index in [2.05, 4.69) is 34.4 Å². The zero-order valence-electron chi connectivity index (χ0n) is 11.5. The molecule has 0 saturated carbocycles.